The van der Waals surface area contributed by atoms with Gasteiger partial charge in [0.1, 0.15) is 11.9 Å². The van der Waals surface area contributed by atoms with Crippen LogP contribution in [-0.4, -0.2) is 42.0 Å². The first-order chi connectivity index (χ1) is 10.2. The molecule has 3 heterocycles. The number of nitrogens with zero attached hydrogens (tertiary/aromatic N) is 3. The third-order valence-electron chi connectivity index (χ3n) is 4.68. The van der Waals surface area contributed by atoms with E-state index in [1.807, 2.05) is 13.0 Å². The van der Waals surface area contributed by atoms with Crippen LogP contribution in [0.2, 0.25) is 0 Å². The van der Waals surface area contributed by atoms with Crippen LogP contribution < -0.4 is 4.90 Å². The molecule has 2 aliphatic heterocycles. The summed E-state index contributed by atoms with van der Waals surface area (Å²) >= 11 is 0. The van der Waals surface area contributed by atoms with Crippen molar-refractivity contribution in [1.29, 1.82) is 5.26 Å². The van der Waals surface area contributed by atoms with Crippen LogP contribution in [0.1, 0.15) is 30.4 Å². The van der Waals surface area contributed by atoms with E-state index < -0.39 is 0 Å². The second-order valence-electron chi connectivity index (χ2n) is 5.94. The van der Waals surface area contributed by atoms with Crippen molar-refractivity contribution in [2.24, 2.45) is 5.92 Å². The predicted molar refractivity (Wildman–Crippen MR) is 79.0 cm³/mol. The van der Waals surface area contributed by atoms with Crippen LogP contribution in [0.3, 0.4) is 0 Å². The summed E-state index contributed by atoms with van der Waals surface area (Å²) in [5.41, 5.74) is 1.60. The number of aryl methyl sites for hydroxylation is 1. The molecule has 1 aromatic rings. The number of nitriles is 1. The molecule has 5 heteroatoms. The van der Waals surface area contributed by atoms with E-state index in [1.54, 1.807) is 6.20 Å². The molecule has 3 rings (SSSR count). The molecule has 1 N–H and O–H groups in total. The number of anilines is 1. The summed E-state index contributed by atoms with van der Waals surface area (Å²) in [6, 6.07) is 4.35. The first-order valence-corrected chi connectivity index (χ1v) is 7.60. The lowest BCUT2D eigenvalue weighted by molar-refractivity contribution is -0.0438. The molecular formula is C16H21N3O2. The third-order valence-corrected chi connectivity index (χ3v) is 4.68. The van der Waals surface area contributed by atoms with Crippen LogP contribution in [0.5, 0.6) is 0 Å². The van der Waals surface area contributed by atoms with Crippen LogP contribution in [-0.2, 0) is 4.74 Å². The molecule has 0 spiro atoms. The summed E-state index contributed by atoms with van der Waals surface area (Å²) in [5.74, 6) is 0.868. The Kier molecular flexibility index (Phi) is 4.09. The normalized spacial score (nSPS) is 29.4. The minimum absolute atomic E-state index is 0.107. The Bertz CT molecular complexity index is 555. The van der Waals surface area contributed by atoms with Gasteiger partial charge in [0, 0.05) is 31.3 Å². The minimum Gasteiger partial charge on any atom is -0.393 e. The summed E-state index contributed by atoms with van der Waals surface area (Å²) in [4.78, 5) is 6.65. The van der Waals surface area contributed by atoms with Gasteiger partial charge in [0.05, 0.1) is 18.3 Å². The number of hydrogen-bond donors (Lipinski definition) is 1. The van der Waals surface area contributed by atoms with Gasteiger partial charge in [-0.2, -0.15) is 5.26 Å². The lowest BCUT2D eigenvalue weighted by Crippen LogP contribution is -2.46. The average molecular weight is 287 g/mol. The van der Waals surface area contributed by atoms with Crippen molar-refractivity contribution in [2.45, 2.75) is 38.3 Å². The highest BCUT2D eigenvalue weighted by Crippen LogP contribution is 2.34. The third kappa shape index (κ3) is 2.61. The van der Waals surface area contributed by atoms with Crippen molar-refractivity contribution < 1.29 is 9.84 Å². The number of aliphatic hydroxyl groups is 1. The van der Waals surface area contributed by atoms with Crippen molar-refractivity contribution in [3.8, 4) is 6.07 Å². The second kappa shape index (κ2) is 6.00. The fourth-order valence-corrected chi connectivity index (χ4v) is 3.52. The van der Waals surface area contributed by atoms with E-state index in [-0.39, 0.29) is 18.1 Å². The van der Waals surface area contributed by atoms with E-state index in [9.17, 15) is 10.4 Å². The van der Waals surface area contributed by atoms with Gasteiger partial charge >= 0.3 is 0 Å². The van der Waals surface area contributed by atoms with Gasteiger partial charge in [0.15, 0.2) is 0 Å². The molecule has 0 unspecified atom stereocenters. The van der Waals surface area contributed by atoms with Crippen molar-refractivity contribution in [3.63, 3.8) is 0 Å². The smallest absolute Gasteiger partial charge is 0.147 e. The molecule has 2 saturated heterocycles. The first-order valence-electron chi connectivity index (χ1n) is 7.60. The number of aromatic nitrogens is 1. The molecule has 0 amide bonds. The van der Waals surface area contributed by atoms with Crippen molar-refractivity contribution in [3.05, 3.63) is 23.4 Å². The van der Waals surface area contributed by atoms with Crippen LogP contribution in [0.25, 0.3) is 0 Å². The maximum Gasteiger partial charge on any atom is 0.147 e. The first kappa shape index (κ1) is 14.3. The maximum atomic E-state index is 10.3. The number of aliphatic hydroxyl groups excluding tert-OH is 1. The van der Waals surface area contributed by atoms with E-state index in [0.717, 1.165) is 30.8 Å². The fourth-order valence-electron chi connectivity index (χ4n) is 3.52. The lowest BCUT2D eigenvalue weighted by atomic mass is 9.89. The van der Waals surface area contributed by atoms with Gasteiger partial charge < -0.3 is 14.7 Å². The Morgan fingerprint density at radius 1 is 1.48 bits per heavy atom. The maximum absolute atomic E-state index is 10.3. The van der Waals surface area contributed by atoms with Gasteiger partial charge in [0.2, 0.25) is 0 Å². The molecule has 0 aliphatic carbocycles. The molecule has 0 bridgehead atoms. The average Bonchev–Trinajstić information content (AvgIpc) is 2.96. The predicted octanol–water partition coefficient (Wildman–Crippen LogP) is 1.63. The highest BCUT2D eigenvalue weighted by atomic mass is 16.5. The van der Waals surface area contributed by atoms with Crippen LogP contribution in [0, 0.1) is 24.2 Å². The van der Waals surface area contributed by atoms with Crippen LogP contribution >= 0.6 is 0 Å². The molecule has 5 nitrogen and oxygen atoms in total. The Balaban J connectivity index is 1.91. The number of pyridine rings is 1. The van der Waals surface area contributed by atoms with Crippen molar-refractivity contribution >= 4 is 5.82 Å². The Labute approximate surface area is 125 Å². The van der Waals surface area contributed by atoms with Crippen molar-refractivity contribution in [2.75, 3.05) is 24.7 Å². The molecule has 2 fully saturated rings. The zero-order chi connectivity index (χ0) is 14.8. The molecule has 0 saturated carbocycles. The molecular weight excluding hydrogens is 266 g/mol. The minimum atomic E-state index is -0.320. The van der Waals surface area contributed by atoms with Crippen molar-refractivity contribution in [1.82, 2.24) is 4.98 Å². The SMILES string of the molecule is Cc1ccnc(N2CCC[C@@H]2[C@H]2COCC[C@@H]2O)c1C#N. The zero-order valence-corrected chi connectivity index (χ0v) is 12.3. The standard InChI is InChI=1S/C16H21N3O2/c1-11-4-6-18-16(12(11)9-17)19-7-2-3-14(19)13-10-21-8-5-15(13)20/h4,6,13-15,20H,2-3,5,7-8,10H2,1H3/t13-,14-,15+/m1/s1. The van der Waals surface area contributed by atoms with Gasteiger partial charge in [-0.15, -0.1) is 0 Å². The van der Waals surface area contributed by atoms with E-state index in [1.165, 1.54) is 0 Å². The summed E-state index contributed by atoms with van der Waals surface area (Å²) < 4.78 is 5.56. The molecule has 0 radical (unpaired) electrons. The summed E-state index contributed by atoms with van der Waals surface area (Å²) in [5, 5.41) is 19.7. The highest BCUT2D eigenvalue weighted by Gasteiger charge is 2.38. The largest absolute Gasteiger partial charge is 0.393 e. The number of rotatable bonds is 2. The van der Waals surface area contributed by atoms with E-state index in [0.29, 0.717) is 25.2 Å². The van der Waals surface area contributed by atoms with Gasteiger partial charge in [0.25, 0.3) is 0 Å². The molecule has 2 aliphatic rings. The topological polar surface area (TPSA) is 69.4 Å². The highest BCUT2D eigenvalue weighted by molar-refractivity contribution is 5.58. The van der Waals surface area contributed by atoms with Gasteiger partial charge in [-0.05, 0) is 37.8 Å². The molecule has 3 atom stereocenters. The monoisotopic (exact) mass is 287 g/mol. The number of ether oxygens (including phenoxy) is 1. The lowest BCUT2D eigenvalue weighted by Gasteiger charge is -2.37. The zero-order valence-electron chi connectivity index (χ0n) is 12.3. The van der Waals surface area contributed by atoms with E-state index >= 15 is 0 Å². The van der Waals surface area contributed by atoms with Crippen LogP contribution in [0.4, 0.5) is 5.82 Å². The molecule has 1 aromatic heterocycles. The van der Waals surface area contributed by atoms with E-state index in [2.05, 4.69) is 16.0 Å². The number of hydrogen-bond acceptors (Lipinski definition) is 5. The van der Waals surface area contributed by atoms with E-state index in [4.69, 9.17) is 4.74 Å². The Morgan fingerprint density at radius 2 is 2.33 bits per heavy atom. The Morgan fingerprint density at radius 3 is 3.10 bits per heavy atom. The quantitative estimate of drug-likeness (QED) is 0.895. The van der Waals surface area contributed by atoms with Gasteiger partial charge in [-0.3, -0.25) is 0 Å². The molecule has 21 heavy (non-hydrogen) atoms. The Hall–Kier alpha value is -1.64. The summed E-state index contributed by atoms with van der Waals surface area (Å²) in [7, 11) is 0. The fraction of sp³-hybridized carbons (Fsp3) is 0.625. The summed E-state index contributed by atoms with van der Waals surface area (Å²) in [6.45, 7) is 4.05. The van der Waals surface area contributed by atoms with Crippen LogP contribution in [0.15, 0.2) is 12.3 Å². The van der Waals surface area contributed by atoms with Gasteiger partial charge in [-0.25, -0.2) is 4.98 Å². The molecule has 0 aromatic carbocycles. The molecule has 112 valence electrons. The second-order valence-corrected chi connectivity index (χ2v) is 5.94. The van der Waals surface area contributed by atoms with Gasteiger partial charge in [-0.1, -0.05) is 0 Å². The summed E-state index contributed by atoms with van der Waals surface area (Å²) in [6.07, 6.45) is 4.22.